The van der Waals surface area contributed by atoms with Crippen LogP contribution in [0.2, 0.25) is 5.02 Å². The van der Waals surface area contributed by atoms with Crippen molar-refractivity contribution in [3.63, 3.8) is 0 Å². The number of hydrogen-bond donors (Lipinski definition) is 1. The van der Waals surface area contributed by atoms with Crippen molar-refractivity contribution in [3.8, 4) is 16.9 Å². The molecular weight excluding hydrogens is 246 g/mol. The molecule has 0 fully saturated rings. The highest BCUT2D eigenvalue weighted by Gasteiger charge is 2.11. The molecule has 0 saturated carbocycles. The number of hydrogen-bond acceptors (Lipinski definition) is 2. The molecular formula is C15H10ClNO. The zero-order valence-corrected chi connectivity index (χ0v) is 10.2. The van der Waals surface area contributed by atoms with Gasteiger partial charge in [-0.3, -0.25) is 4.98 Å². The maximum atomic E-state index is 9.99. The summed E-state index contributed by atoms with van der Waals surface area (Å²) in [6, 6.07) is 13.0. The van der Waals surface area contributed by atoms with E-state index in [0.717, 1.165) is 16.3 Å². The Morgan fingerprint density at radius 2 is 1.78 bits per heavy atom. The molecule has 0 radical (unpaired) electrons. The van der Waals surface area contributed by atoms with Crippen LogP contribution in [0.5, 0.6) is 5.75 Å². The molecule has 0 unspecified atom stereocenters. The van der Waals surface area contributed by atoms with Gasteiger partial charge < -0.3 is 5.11 Å². The molecule has 0 spiro atoms. The number of benzene rings is 2. The van der Waals surface area contributed by atoms with Gasteiger partial charge in [0.15, 0.2) is 0 Å². The van der Waals surface area contributed by atoms with Crippen LogP contribution >= 0.6 is 11.6 Å². The van der Waals surface area contributed by atoms with E-state index < -0.39 is 0 Å². The van der Waals surface area contributed by atoms with Crippen molar-refractivity contribution in [2.45, 2.75) is 0 Å². The number of phenolic OH excluding ortho intramolecular Hbond substituents is 1. The molecule has 1 N–H and O–H groups in total. The fraction of sp³-hybridized carbons (Fsp3) is 0. The van der Waals surface area contributed by atoms with E-state index in [0.29, 0.717) is 10.6 Å². The molecule has 1 aromatic heterocycles. The zero-order valence-electron chi connectivity index (χ0n) is 9.47. The van der Waals surface area contributed by atoms with Gasteiger partial charge in [0.1, 0.15) is 5.75 Å². The minimum absolute atomic E-state index is 0.167. The molecule has 0 aliphatic rings. The van der Waals surface area contributed by atoms with Crippen molar-refractivity contribution in [1.29, 1.82) is 0 Å². The summed E-state index contributed by atoms with van der Waals surface area (Å²) >= 11 is 6.18. The third-order valence-corrected chi connectivity index (χ3v) is 3.24. The van der Waals surface area contributed by atoms with Gasteiger partial charge in [0.2, 0.25) is 0 Å². The first-order chi connectivity index (χ1) is 8.77. The van der Waals surface area contributed by atoms with E-state index in [-0.39, 0.29) is 5.75 Å². The third-order valence-electron chi connectivity index (χ3n) is 2.93. The van der Waals surface area contributed by atoms with Crippen LogP contribution in [0.25, 0.3) is 21.9 Å². The van der Waals surface area contributed by atoms with Gasteiger partial charge in [-0.15, -0.1) is 0 Å². The maximum Gasteiger partial charge on any atom is 0.124 e. The lowest BCUT2D eigenvalue weighted by Crippen LogP contribution is -1.85. The van der Waals surface area contributed by atoms with Crippen LogP contribution in [-0.2, 0) is 0 Å². The molecule has 0 amide bonds. The molecule has 3 rings (SSSR count). The number of aromatic hydroxyl groups is 1. The Balaban J connectivity index is 2.39. The molecule has 0 aliphatic carbocycles. The minimum atomic E-state index is 0.167. The summed E-state index contributed by atoms with van der Waals surface area (Å²) in [5, 5.41) is 12.6. The van der Waals surface area contributed by atoms with Crippen LogP contribution in [0.4, 0.5) is 0 Å². The van der Waals surface area contributed by atoms with Gasteiger partial charge in [0.05, 0.1) is 5.02 Å². The summed E-state index contributed by atoms with van der Waals surface area (Å²) in [4.78, 5) is 4.20. The molecule has 18 heavy (non-hydrogen) atoms. The Morgan fingerprint density at radius 1 is 0.944 bits per heavy atom. The van der Waals surface area contributed by atoms with E-state index in [4.69, 9.17) is 11.6 Å². The standard InChI is InChI=1S/C15H10ClNO/c16-13-6-3-7-14(18)15(13)12-9-17-8-10-4-1-2-5-11(10)12/h1-9,18H. The zero-order chi connectivity index (χ0) is 12.5. The van der Waals surface area contributed by atoms with Crippen LogP contribution in [0.3, 0.4) is 0 Å². The number of aromatic nitrogens is 1. The van der Waals surface area contributed by atoms with Gasteiger partial charge in [-0.2, -0.15) is 0 Å². The Morgan fingerprint density at radius 3 is 2.61 bits per heavy atom. The van der Waals surface area contributed by atoms with Crippen molar-refractivity contribution in [2.24, 2.45) is 0 Å². The Kier molecular flexibility index (Phi) is 2.65. The quantitative estimate of drug-likeness (QED) is 0.705. The number of phenols is 1. The van der Waals surface area contributed by atoms with Crippen LogP contribution in [-0.4, -0.2) is 10.1 Å². The second-order valence-electron chi connectivity index (χ2n) is 4.04. The van der Waals surface area contributed by atoms with Crippen molar-refractivity contribution in [1.82, 2.24) is 4.98 Å². The second-order valence-corrected chi connectivity index (χ2v) is 4.45. The normalized spacial score (nSPS) is 10.7. The molecule has 0 atom stereocenters. The van der Waals surface area contributed by atoms with E-state index in [1.165, 1.54) is 0 Å². The first kappa shape index (κ1) is 11.1. The van der Waals surface area contributed by atoms with Crippen molar-refractivity contribution in [2.75, 3.05) is 0 Å². The Hall–Kier alpha value is -2.06. The van der Waals surface area contributed by atoms with E-state index >= 15 is 0 Å². The van der Waals surface area contributed by atoms with E-state index in [9.17, 15) is 5.11 Å². The van der Waals surface area contributed by atoms with Crippen molar-refractivity contribution >= 4 is 22.4 Å². The largest absolute Gasteiger partial charge is 0.507 e. The molecule has 0 aliphatic heterocycles. The monoisotopic (exact) mass is 255 g/mol. The average molecular weight is 256 g/mol. The predicted molar refractivity (Wildman–Crippen MR) is 73.9 cm³/mol. The van der Waals surface area contributed by atoms with Gasteiger partial charge in [0.25, 0.3) is 0 Å². The molecule has 0 bridgehead atoms. The van der Waals surface area contributed by atoms with Gasteiger partial charge in [0, 0.05) is 28.9 Å². The van der Waals surface area contributed by atoms with E-state index in [1.807, 2.05) is 24.3 Å². The number of rotatable bonds is 1. The third kappa shape index (κ3) is 1.71. The summed E-state index contributed by atoms with van der Waals surface area (Å²) in [7, 11) is 0. The first-order valence-electron chi connectivity index (χ1n) is 5.58. The van der Waals surface area contributed by atoms with E-state index in [2.05, 4.69) is 4.98 Å². The lowest BCUT2D eigenvalue weighted by molar-refractivity contribution is 0.477. The first-order valence-corrected chi connectivity index (χ1v) is 5.96. The number of nitrogens with zero attached hydrogens (tertiary/aromatic N) is 1. The summed E-state index contributed by atoms with van der Waals surface area (Å²) in [5.41, 5.74) is 1.47. The number of pyridine rings is 1. The van der Waals surface area contributed by atoms with Gasteiger partial charge in [-0.1, -0.05) is 41.9 Å². The van der Waals surface area contributed by atoms with Crippen molar-refractivity contribution in [3.05, 3.63) is 59.9 Å². The van der Waals surface area contributed by atoms with Crippen molar-refractivity contribution < 1.29 is 5.11 Å². The summed E-state index contributed by atoms with van der Waals surface area (Å²) in [6.07, 6.45) is 3.52. The fourth-order valence-electron chi connectivity index (χ4n) is 2.10. The average Bonchev–Trinajstić information content (AvgIpc) is 2.39. The molecule has 3 heteroatoms. The lowest BCUT2D eigenvalue weighted by Gasteiger charge is -2.09. The van der Waals surface area contributed by atoms with Crippen LogP contribution in [0, 0.1) is 0 Å². The lowest BCUT2D eigenvalue weighted by atomic mass is 10.0. The van der Waals surface area contributed by atoms with Gasteiger partial charge in [-0.05, 0) is 17.5 Å². The molecule has 2 nitrogen and oxygen atoms in total. The van der Waals surface area contributed by atoms with Crippen LogP contribution in [0.15, 0.2) is 54.9 Å². The fourth-order valence-corrected chi connectivity index (χ4v) is 2.37. The van der Waals surface area contributed by atoms with Crippen LogP contribution in [0.1, 0.15) is 0 Å². The highest BCUT2D eigenvalue weighted by molar-refractivity contribution is 6.34. The minimum Gasteiger partial charge on any atom is -0.507 e. The molecule has 1 heterocycles. The predicted octanol–water partition coefficient (Wildman–Crippen LogP) is 4.26. The molecule has 3 aromatic rings. The summed E-state index contributed by atoms with van der Waals surface area (Å²) in [6.45, 7) is 0. The Labute approximate surface area is 109 Å². The van der Waals surface area contributed by atoms with Gasteiger partial charge in [-0.25, -0.2) is 0 Å². The summed E-state index contributed by atoms with van der Waals surface area (Å²) in [5.74, 6) is 0.167. The number of halogens is 1. The SMILES string of the molecule is Oc1cccc(Cl)c1-c1cncc2ccccc12. The topological polar surface area (TPSA) is 33.1 Å². The maximum absolute atomic E-state index is 9.99. The molecule has 0 saturated heterocycles. The Bertz CT molecular complexity index is 699. The summed E-state index contributed by atoms with van der Waals surface area (Å²) < 4.78 is 0. The second kappa shape index (κ2) is 4.31. The highest BCUT2D eigenvalue weighted by atomic mass is 35.5. The van der Waals surface area contributed by atoms with E-state index in [1.54, 1.807) is 30.6 Å². The number of fused-ring (bicyclic) bond motifs is 1. The van der Waals surface area contributed by atoms with Crippen LogP contribution < -0.4 is 0 Å². The smallest absolute Gasteiger partial charge is 0.124 e. The molecule has 2 aromatic carbocycles. The van der Waals surface area contributed by atoms with Gasteiger partial charge >= 0.3 is 0 Å². The highest BCUT2D eigenvalue weighted by Crippen LogP contribution is 2.38. The molecule has 88 valence electrons.